The summed E-state index contributed by atoms with van der Waals surface area (Å²) in [7, 11) is 0. The topological polar surface area (TPSA) is 67.6 Å². The molecule has 0 bridgehead atoms. The molecule has 1 aromatic carbocycles. The molecule has 0 radical (unpaired) electrons. The third kappa shape index (κ3) is 4.03. The molecule has 3 N–H and O–H groups in total. The van der Waals surface area contributed by atoms with E-state index in [-0.39, 0.29) is 12.0 Å². The summed E-state index contributed by atoms with van der Waals surface area (Å²) in [5, 5.41) is 2.96. The standard InChI is InChI=1S/C16H25N3O2/c1-4-13-9-19(10-16(20)18-8-11(2)3)14-7-12(17)5-6-15(14)21-13/h5-7,11,13H,4,8-10,17H2,1-3H3,(H,18,20). The Balaban J connectivity index is 2.11. The van der Waals surface area contributed by atoms with Crippen molar-refractivity contribution >= 4 is 17.3 Å². The SMILES string of the molecule is CCC1CN(CC(=O)NCC(C)C)c2cc(N)ccc2O1. The van der Waals surface area contributed by atoms with Gasteiger partial charge in [0.2, 0.25) is 5.91 Å². The molecule has 0 aliphatic carbocycles. The van der Waals surface area contributed by atoms with Crippen molar-refractivity contribution in [3.8, 4) is 5.75 Å². The van der Waals surface area contributed by atoms with E-state index in [1.54, 1.807) is 0 Å². The molecule has 1 atom stereocenters. The van der Waals surface area contributed by atoms with Gasteiger partial charge >= 0.3 is 0 Å². The van der Waals surface area contributed by atoms with Crippen LogP contribution in [0.4, 0.5) is 11.4 Å². The smallest absolute Gasteiger partial charge is 0.239 e. The van der Waals surface area contributed by atoms with Crippen molar-refractivity contribution in [2.24, 2.45) is 5.92 Å². The van der Waals surface area contributed by atoms with E-state index in [9.17, 15) is 4.79 Å². The number of nitrogens with two attached hydrogens (primary N) is 1. The fourth-order valence-electron chi connectivity index (χ4n) is 2.35. The Labute approximate surface area is 126 Å². The number of carbonyl (C=O) groups is 1. The molecule has 2 rings (SSSR count). The maximum Gasteiger partial charge on any atom is 0.239 e. The van der Waals surface area contributed by atoms with Gasteiger partial charge in [-0.25, -0.2) is 0 Å². The first-order valence-electron chi connectivity index (χ1n) is 7.57. The number of ether oxygens (including phenoxy) is 1. The molecule has 1 aromatic rings. The highest BCUT2D eigenvalue weighted by atomic mass is 16.5. The first-order chi connectivity index (χ1) is 9.99. The van der Waals surface area contributed by atoms with E-state index in [4.69, 9.17) is 10.5 Å². The number of nitrogen functional groups attached to an aromatic ring is 1. The Morgan fingerprint density at radius 1 is 1.52 bits per heavy atom. The Hall–Kier alpha value is -1.91. The monoisotopic (exact) mass is 291 g/mol. The Morgan fingerprint density at radius 2 is 2.29 bits per heavy atom. The van der Waals surface area contributed by atoms with Crippen LogP contribution < -0.4 is 20.7 Å². The number of benzene rings is 1. The van der Waals surface area contributed by atoms with Gasteiger partial charge in [-0.15, -0.1) is 0 Å². The summed E-state index contributed by atoms with van der Waals surface area (Å²) in [5.41, 5.74) is 7.44. The highest BCUT2D eigenvalue weighted by molar-refractivity contribution is 5.82. The lowest BCUT2D eigenvalue weighted by Crippen LogP contribution is -2.45. The summed E-state index contributed by atoms with van der Waals surface area (Å²) < 4.78 is 5.92. The molecule has 0 saturated carbocycles. The van der Waals surface area contributed by atoms with Crippen LogP contribution in [0.3, 0.4) is 0 Å². The molecule has 1 aliphatic rings. The Kier molecular flexibility index (Phi) is 4.94. The summed E-state index contributed by atoms with van der Waals surface area (Å²) in [6.45, 7) is 8.00. The molecule has 5 heteroatoms. The molecule has 0 spiro atoms. The van der Waals surface area contributed by atoms with Gasteiger partial charge in [-0.05, 0) is 30.5 Å². The summed E-state index contributed by atoms with van der Waals surface area (Å²) in [5.74, 6) is 1.29. The normalized spacial score (nSPS) is 17.3. The third-order valence-corrected chi connectivity index (χ3v) is 3.54. The van der Waals surface area contributed by atoms with Gasteiger partial charge in [0.1, 0.15) is 11.9 Å². The van der Waals surface area contributed by atoms with Crippen LogP contribution in [0, 0.1) is 5.92 Å². The van der Waals surface area contributed by atoms with Crippen LogP contribution in [0.25, 0.3) is 0 Å². The lowest BCUT2D eigenvalue weighted by molar-refractivity contribution is -0.120. The van der Waals surface area contributed by atoms with Crippen LogP contribution in [0.15, 0.2) is 18.2 Å². The fraction of sp³-hybridized carbons (Fsp3) is 0.562. The number of carbonyl (C=O) groups excluding carboxylic acids is 1. The Bertz CT molecular complexity index is 502. The highest BCUT2D eigenvalue weighted by Gasteiger charge is 2.26. The minimum Gasteiger partial charge on any atom is -0.486 e. The van der Waals surface area contributed by atoms with Gasteiger partial charge in [0.15, 0.2) is 0 Å². The van der Waals surface area contributed by atoms with Gasteiger partial charge in [-0.2, -0.15) is 0 Å². The molecular weight excluding hydrogens is 266 g/mol. The summed E-state index contributed by atoms with van der Waals surface area (Å²) in [4.78, 5) is 14.1. The number of hydrogen-bond acceptors (Lipinski definition) is 4. The van der Waals surface area contributed by atoms with Gasteiger partial charge < -0.3 is 20.7 Å². The van der Waals surface area contributed by atoms with E-state index in [0.717, 1.165) is 17.9 Å². The number of nitrogens with one attached hydrogen (secondary N) is 1. The van der Waals surface area contributed by atoms with Crippen molar-refractivity contribution < 1.29 is 9.53 Å². The molecular formula is C16H25N3O2. The minimum atomic E-state index is 0.0360. The minimum absolute atomic E-state index is 0.0360. The fourth-order valence-corrected chi connectivity index (χ4v) is 2.35. The molecule has 5 nitrogen and oxygen atoms in total. The summed E-state index contributed by atoms with van der Waals surface area (Å²) in [6, 6.07) is 5.58. The van der Waals surface area contributed by atoms with Crippen molar-refractivity contribution in [3.63, 3.8) is 0 Å². The highest BCUT2D eigenvalue weighted by Crippen LogP contribution is 2.35. The molecule has 21 heavy (non-hydrogen) atoms. The second-order valence-corrected chi connectivity index (χ2v) is 5.95. The third-order valence-electron chi connectivity index (χ3n) is 3.54. The van der Waals surface area contributed by atoms with Crippen LogP contribution in [-0.2, 0) is 4.79 Å². The number of amides is 1. The first-order valence-corrected chi connectivity index (χ1v) is 7.57. The summed E-state index contributed by atoms with van der Waals surface area (Å²) in [6.07, 6.45) is 1.02. The molecule has 1 amide bonds. The van der Waals surface area contributed by atoms with Crippen molar-refractivity contribution in [1.29, 1.82) is 0 Å². The van der Waals surface area contributed by atoms with Crippen LogP contribution in [-0.4, -0.2) is 31.6 Å². The lowest BCUT2D eigenvalue weighted by atomic mass is 10.1. The van der Waals surface area contributed by atoms with E-state index in [0.29, 0.717) is 31.2 Å². The molecule has 1 aliphatic heterocycles. The van der Waals surface area contributed by atoms with E-state index in [1.165, 1.54) is 0 Å². The largest absolute Gasteiger partial charge is 0.486 e. The average molecular weight is 291 g/mol. The van der Waals surface area contributed by atoms with Gasteiger partial charge in [0.25, 0.3) is 0 Å². The van der Waals surface area contributed by atoms with Crippen LogP contribution in [0.2, 0.25) is 0 Å². The van der Waals surface area contributed by atoms with E-state index in [2.05, 4.69) is 31.0 Å². The van der Waals surface area contributed by atoms with Crippen LogP contribution in [0.5, 0.6) is 5.75 Å². The van der Waals surface area contributed by atoms with Crippen molar-refractivity contribution in [2.75, 3.05) is 30.3 Å². The van der Waals surface area contributed by atoms with Gasteiger partial charge in [-0.1, -0.05) is 20.8 Å². The lowest BCUT2D eigenvalue weighted by Gasteiger charge is -2.35. The summed E-state index contributed by atoms with van der Waals surface area (Å²) >= 11 is 0. The van der Waals surface area contributed by atoms with E-state index >= 15 is 0 Å². The molecule has 0 aromatic heterocycles. The zero-order valence-corrected chi connectivity index (χ0v) is 13.1. The molecule has 116 valence electrons. The predicted molar refractivity (Wildman–Crippen MR) is 85.6 cm³/mol. The maximum atomic E-state index is 12.1. The van der Waals surface area contributed by atoms with Crippen molar-refractivity contribution in [3.05, 3.63) is 18.2 Å². The number of anilines is 2. The predicted octanol–water partition coefficient (Wildman–Crippen LogP) is 2.02. The molecule has 0 saturated heterocycles. The van der Waals surface area contributed by atoms with Gasteiger partial charge in [0, 0.05) is 12.2 Å². The Morgan fingerprint density at radius 3 is 2.95 bits per heavy atom. The maximum absolute atomic E-state index is 12.1. The van der Waals surface area contributed by atoms with Crippen molar-refractivity contribution in [2.45, 2.75) is 33.3 Å². The van der Waals surface area contributed by atoms with Crippen molar-refractivity contribution in [1.82, 2.24) is 5.32 Å². The average Bonchev–Trinajstić information content (AvgIpc) is 2.45. The van der Waals surface area contributed by atoms with Crippen LogP contribution >= 0.6 is 0 Å². The number of nitrogens with zero attached hydrogens (tertiary/aromatic N) is 1. The first kappa shape index (κ1) is 15.5. The molecule has 1 heterocycles. The number of hydrogen-bond donors (Lipinski definition) is 2. The van der Waals surface area contributed by atoms with E-state index in [1.807, 2.05) is 18.2 Å². The molecule has 0 fully saturated rings. The van der Waals surface area contributed by atoms with Gasteiger partial charge in [0.05, 0.1) is 18.8 Å². The second kappa shape index (κ2) is 6.70. The zero-order chi connectivity index (χ0) is 15.4. The van der Waals surface area contributed by atoms with E-state index < -0.39 is 0 Å². The van der Waals surface area contributed by atoms with Crippen LogP contribution in [0.1, 0.15) is 27.2 Å². The number of rotatable bonds is 5. The zero-order valence-electron chi connectivity index (χ0n) is 13.1. The van der Waals surface area contributed by atoms with Gasteiger partial charge in [-0.3, -0.25) is 4.79 Å². The second-order valence-electron chi connectivity index (χ2n) is 5.95. The number of fused-ring (bicyclic) bond motifs is 1. The quantitative estimate of drug-likeness (QED) is 0.814. The molecule has 1 unspecified atom stereocenters.